The number of carbonyl (C=O) groups is 1. The predicted octanol–water partition coefficient (Wildman–Crippen LogP) is 7.69. The largest absolute Gasteiger partial charge is 0.271 e. The summed E-state index contributed by atoms with van der Waals surface area (Å²) in [5.74, 6) is 1.06. The molecule has 5 rings (SSSR count). The van der Waals surface area contributed by atoms with Gasteiger partial charge >= 0.3 is 0 Å². The van der Waals surface area contributed by atoms with Crippen molar-refractivity contribution in [3.8, 4) is 11.3 Å². The zero-order chi connectivity index (χ0) is 22.9. The molecule has 0 bridgehead atoms. The molecule has 0 saturated carbocycles. The van der Waals surface area contributed by atoms with Gasteiger partial charge in [0.15, 0.2) is 0 Å². The van der Waals surface area contributed by atoms with E-state index in [1.165, 1.54) is 16.3 Å². The summed E-state index contributed by atoms with van der Waals surface area (Å²) in [6, 6.07) is 24.8. The summed E-state index contributed by atoms with van der Waals surface area (Å²) in [7, 11) is 0. The van der Waals surface area contributed by atoms with Gasteiger partial charge in [0.1, 0.15) is 0 Å². The van der Waals surface area contributed by atoms with Crippen LogP contribution in [0, 0.1) is 5.92 Å². The summed E-state index contributed by atoms with van der Waals surface area (Å²) in [5.41, 5.74) is 5.40. The molecule has 0 radical (unpaired) electrons. The fourth-order valence-corrected chi connectivity index (χ4v) is 5.17. The third-order valence-electron chi connectivity index (χ3n) is 6.97. The Kier molecular flexibility index (Phi) is 5.72. The Morgan fingerprint density at radius 3 is 2.45 bits per heavy atom. The first-order valence-electron chi connectivity index (χ1n) is 11.9. The highest BCUT2D eigenvalue weighted by molar-refractivity contribution is 5.95. The van der Waals surface area contributed by atoms with Gasteiger partial charge in [-0.15, -0.1) is 0 Å². The number of hydrogen-bond donors (Lipinski definition) is 0. The maximum Gasteiger partial charge on any atom is 0.271 e. The van der Waals surface area contributed by atoms with Crippen LogP contribution in [-0.2, 0) is 0 Å². The molecule has 1 aliphatic carbocycles. The first-order valence-corrected chi connectivity index (χ1v) is 11.9. The van der Waals surface area contributed by atoms with Gasteiger partial charge in [-0.3, -0.25) is 4.79 Å². The van der Waals surface area contributed by atoms with Gasteiger partial charge < -0.3 is 0 Å². The molecule has 33 heavy (non-hydrogen) atoms. The van der Waals surface area contributed by atoms with Crippen LogP contribution in [0.4, 0.5) is 0 Å². The van der Waals surface area contributed by atoms with E-state index in [4.69, 9.17) is 5.10 Å². The number of fused-ring (bicyclic) bond motifs is 2. The lowest BCUT2D eigenvalue weighted by molar-refractivity contribution is 0.0947. The number of aromatic nitrogens is 2. The van der Waals surface area contributed by atoms with Crippen LogP contribution < -0.4 is 0 Å². The van der Waals surface area contributed by atoms with Crippen molar-refractivity contribution in [2.24, 2.45) is 5.92 Å². The molecule has 0 N–H and O–H groups in total. The van der Waals surface area contributed by atoms with Gasteiger partial charge in [-0.05, 0) is 53.2 Å². The molecule has 0 aliphatic heterocycles. The van der Waals surface area contributed by atoms with Crippen LogP contribution in [0.15, 0.2) is 78.9 Å². The van der Waals surface area contributed by atoms with E-state index in [1.54, 1.807) is 10.8 Å². The first-order chi connectivity index (χ1) is 16.0. The Bertz CT molecular complexity index is 1330. The van der Waals surface area contributed by atoms with Crippen molar-refractivity contribution in [2.45, 2.75) is 45.4 Å². The van der Waals surface area contributed by atoms with E-state index in [-0.39, 0.29) is 5.91 Å². The van der Waals surface area contributed by atoms with Crippen LogP contribution >= 0.6 is 0 Å². The van der Waals surface area contributed by atoms with Gasteiger partial charge in [0, 0.05) is 23.1 Å². The number of carbonyl (C=O) groups excluding carboxylic acids is 1. The van der Waals surface area contributed by atoms with Crippen molar-refractivity contribution >= 4 is 22.8 Å². The average molecular weight is 435 g/mol. The van der Waals surface area contributed by atoms with E-state index in [1.807, 2.05) is 36.4 Å². The number of benzene rings is 3. The molecule has 0 spiro atoms. The molecular formula is C30H30N2O. The van der Waals surface area contributed by atoms with Crippen LogP contribution in [0.2, 0.25) is 0 Å². The molecule has 1 aliphatic rings. The van der Waals surface area contributed by atoms with Gasteiger partial charge in [0.2, 0.25) is 0 Å². The highest BCUT2D eigenvalue weighted by Gasteiger charge is 2.35. The second-order valence-electron chi connectivity index (χ2n) is 9.53. The highest BCUT2D eigenvalue weighted by Crippen LogP contribution is 2.46. The summed E-state index contributed by atoms with van der Waals surface area (Å²) >= 11 is 0. The average Bonchev–Trinajstić information content (AvgIpc) is 3.24. The Morgan fingerprint density at radius 1 is 0.970 bits per heavy atom. The SMILES string of the molecule is CC(C)[C@@H]1CC[C@@H](C)c2c(-c3ccc4ccccc4c3)nn(C(=O)/C=C\c3ccccc3)c21. The van der Waals surface area contributed by atoms with Crippen LogP contribution in [0.1, 0.15) is 67.1 Å². The van der Waals surface area contributed by atoms with E-state index in [2.05, 4.69) is 63.2 Å². The Labute approximate surface area is 195 Å². The maximum absolute atomic E-state index is 13.4. The van der Waals surface area contributed by atoms with Crippen molar-refractivity contribution in [2.75, 3.05) is 0 Å². The lowest BCUT2D eigenvalue weighted by Gasteiger charge is -2.30. The van der Waals surface area contributed by atoms with Crippen molar-refractivity contribution in [1.82, 2.24) is 9.78 Å². The second kappa shape index (κ2) is 8.82. The molecule has 2 atom stereocenters. The van der Waals surface area contributed by atoms with Gasteiger partial charge in [0.05, 0.1) is 11.4 Å². The third kappa shape index (κ3) is 4.04. The van der Waals surface area contributed by atoms with Crippen molar-refractivity contribution in [1.29, 1.82) is 0 Å². The molecule has 4 aromatic rings. The van der Waals surface area contributed by atoms with E-state index >= 15 is 0 Å². The molecule has 166 valence electrons. The van der Waals surface area contributed by atoms with E-state index in [9.17, 15) is 4.79 Å². The maximum atomic E-state index is 13.4. The molecule has 1 heterocycles. The molecule has 0 saturated heterocycles. The standard InChI is InChI=1S/C30H30N2O/c1-20(2)26-17-13-21(3)28-29(25-16-15-23-11-7-8-12-24(23)19-25)31-32(30(26)28)27(33)18-14-22-9-5-4-6-10-22/h4-12,14-16,18-21,26H,13,17H2,1-3H3/b18-14-/t21-,26+/m1/s1. The summed E-state index contributed by atoms with van der Waals surface area (Å²) in [5, 5.41) is 7.38. The first kappa shape index (κ1) is 21.4. The van der Waals surface area contributed by atoms with Crippen LogP contribution in [0.3, 0.4) is 0 Å². The number of rotatable bonds is 4. The van der Waals surface area contributed by atoms with Gasteiger partial charge in [0.25, 0.3) is 5.91 Å². The third-order valence-corrected chi connectivity index (χ3v) is 6.97. The molecule has 3 heteroatoms. The molecule has 3 nitrogen and oxygen atoms in total. The zero-order valence-corrected chi connectivity index (χ0v) is 19.5. The Morgan fingerprint density at radius 2 is 1.70 bits per heavy atom. The number of allylic oxidation sites excluding steroid dienone is 1. The van der Waals surface area contributed by atoms with E-state index < -0.39 is 0 Å². The number of nitrogens with zero attached hydrogens (tertiary/aromatic N) is 2. The lowest BCUT2D eigenvalue weighted by Crippen LogP contribution is -2.23. The summed E-state index contributed by atoms with van der Waals surface area (Å²) in [4.78, 5) is 13.4. The second-order valence-corrected chi connectivity index (χ2v) is 9.53. The smallest absolute Gasteiger partial charge is 0.267 e. The monoisotopic (exact) mass is 434 g/mol. The van der Waals surface area contributed by atoms with Crippen molar-refractivity contribution in [3.05, 3.63) is 95.7 Å². The van der Waals surface area contributed by atoms with E-state index in [0.717, 1.165) is 35.4 Å². The van der Waals surface area contributed by atoms with Gasteiger partial charge in [-0.2, -0.15) is 5.10 Å². The normalized spacial score (nSPS) is 18.2. The van der Waals surface area contributed by atoms with E-state index in [0.29, 0.717) is 17.8 Å². The molecule has 0 amide bonds. The molecule has 3 aromatic carbocycles. The fourth-order valence-electron chi connectivity index (χ4n) is 5.17. The van der Waals surface area contributed by atoms with Crippen LogP contribution in [-0.4, -0.2) is 15.7 Å². The summed E-state index contributed by atoms with van der Waals surface area (Å²) in [6.45, 7) is 6.78. The minimum absolute atomic E-state index is 0.0816. The van der Waals surface area contributed by atoms with Crippen molar-refractivity contribution < 1.29 is 4.79 Å². The molecular weight excluding hydrogens is 404 g/mol. The van der Waals surface area contributed by atoms with Gasteiger partial charge in [-0.1, -0.05) is 87.5 Å². The predicted molar refractivity (Wildman–Crippen MR) is 136 cm³/mol. The quantitative estimate of drug-likeness (QED) is 0.309. The summed E-state index contributed by atoms with van der Waals surface area (Å²) < 4.78 is 1.69. The van der Waals surface area contributed by atoms with Crippen LogP contribution in [0.25, 0.3) is 28.1 Å². The fraction of sp³-hybridized carbons (Fsp3) is 0.267. The topological polar surface area (TPSA) is 34.9 Å². The number of hydrogen-bond acceptors (Lipinski definition) is 2. The molecule has 0 unspecified atom stereocenters. The zero-order valence-electron chi connectivity index (χ0n) is 19.5. The molecule has 1 aromatic heterocycles. The van der Waals surface area contributed by atoms with Gasteiger partial charge in [-0.25, -0.2) is 4.68 Å². The lowest BCUT2D eigenvalue weighted by atomic mass is 9.75. The molecule has 0 fully saturated rings. The van der Waals surface area contributed by atoms with Crippen LogP contribution in [0.5, 0.6) is 0 Å². The minimum atomic E-state index is -0.0816. The Hall–Kier alpha value is -3.46. The summed E-state index contributed by atoms with van der Waals surface area (Å²) in [6.07, 6.45) is 5.74. The minimum Gasteiger partial charge on any atom is -0.267 e. The Balaban J connectivity index is 1.65. The van der Waals surface area contributed by atoms with Crippen molar-refractivity contribution in [3.63, 3.8) is 0 Å². The highest BCUT2D eigenvalue weighted by atomic mass is 16.2.